The van der Waals surface area contributed by atoms with Crippen LogP contribution in [0.15, 0.2) is 12.4 Å². The molecule has 0 bridgehead atoms. The molecule has 0 saturated carbocycles. The van der Waals surface area contributed by atoms with Crippen LogP contribution in [0.5, 0.6) is 5.88 Å². The van der Waals surface area contributed by atoms with Gasteiger partial charge in [-0.1, -0.05) is 6.92 Å². The number of rotatable bonds is 3. The Morgan fingerprint density at radius 1 is 1.30 bits per heavy atom. The van der Waals surface area contributed by atoms with Crippen LogP contribution in [-0.2, 0) is 19.4 Å². The summed E-state index contributed by atoms with van der Waals surface area (Å²) >= 11 is 0. The Balaban J connectivity index is 2.09. The van der Waals surface area contributed by atoms with Gasteiger partial charge in [0.15, 0.2) is 5.82 Å². The molecule has 1 aliphatic heterocycles. The second kappa shape index (κ2) is 5.50. The normalized spacial score (nSPS) is 13.9. The summed E-state index contributed by atoms with van der Waals surface area (Å²) < 4.78 is 5.13. The van der Waals surface area contributed by atoms with E-state index in [9.17, 15) is 0 Å². The fourth-order valence-electron chi connectivity index (χ4n) is 2.39. The smallest absolute Gasteiger partial charge is 0.216 e. The molecular formula is C14H17N5O. The van der Waals surface area contributed by atoms with E-state index in [1.807, 2.05) is 0 Å². The number of fused-ring (bicyclic) bond motifs is 1. The third kappa shape index (κ3) is 2.34. The predicted octanol–water partition coefficient (Wildman–Crippen LogP) is 1.15. The number of aromatic nitrogens is 4. The van der Waals surface area contributed by atoms with Crippen LogP contribution in [0.2, 0.25) is 0 Å². The van der Waals surface area contributed by atoms with Crippen molar-refractivity contribution in [3.05, 3.63) is 29.3 Å². The number of ether oxygens (including phenoxy) is 1. The topological polar surface area (TPSA) is 72.8 Å². The first-order valence-corrected chi connectivity index (χ1v) is 6.77. The van der Waals surface area contributed by atoms with E-state index in [2.05, 4.69) is 32.2 Å². The van der Waals surface area contributed by atoms with Crippen molar-refractivity contribution in [3.63, 3.8) is 0 Å². The number of hydrogen-bond acceptors (Lipinski definition) is 6. The highest BCUT2D eigenvalue weighted by molar-refractivity contribution is 5.52. The zero-order chi connectivity index (χ0) is 13.9. The van der Waals surface area contributed by atoms with Crippen LogP contribution < -0.4 is 10.1 Å². The third-order valence-electron chi connectivity index (χ3n) is 3.43. The highest BCUT2D eigenvalue weighted by Crippen LogP contribution is 2.22. The van der Waals surface area contributed by atoms with E-state index < -0.39 is 0 Å². The summed E-state index contributed by atoms with van der Waals surface area (Å²) in [5.41, 5.74) is 4.16. The molecule has 0 spiro atoms. The maximum absolute atomic E-state index is 5.13. The lowest BCUT2D eigenvalue weighted by atomic mass is 10.0. The monoisotopic (exact) mass is 271 g/mol. The molecule has 6 heteroatoms. The summed E-state index contributed by atoms with van der Waals surface area (Å²) in [6.07, 6.45) is 3.30. The molecule has 0 radical (unpaired) electrons. The van der Waals surface area contributed by atoms with E-state index in [-0.39, 0.29) is 0 Å². The largest absolute Gasteiger partial charge is 0.481 e. The Bertz CT molecular complexity index is 612. The standard InChI is InChI=1S/C14H17N5O/c1-3-10-9-7-15-5-4-11(9)19-14(18-10)12-6-13(20-2)17-8-16-12/h6,8,15H,3-5,7H2,1-2H3. The number of nitrogens with one attached hydrogen (secondary N) is 1. The Morgan fingerprint density at radius 3 is 3.00 bits per heavy atom. The van der Waals surface area contributed by atoms with Gasteiger partial charge in [0.25, 0.3) is 0 Å². The highest BCUT2D eigenvalue weighted by atomic mass is 16.5. The minimum absolute atomic E-state index is 0.524. The van der Waals surface area contributed by atoms with Gasteiger partial charge >= 0.3 is 0 Å². The van der Waals surface area contributed by atoms with Crippen molar-refractivity contribution in [3.8, 4) is 17.4 Å². The van der Waals surface area contributed by atoms with E-state index in [0.29, 0.717) is 17.4 Å². The molecule has 0 atom stereocenters. The van der Waals surface area contributed by atoms with Crippen LogP contribution in [0.1, 0.15) is 23.9 Å². The zero-order valence-corrected chi connectivity index (χ0v) is 11.7. The summed E-state index contributed by atoms with van der Waals surface area (Å²) in [6.45, 7) is 3.92. The second-order valence-corrected chi connectivity index (χ2v) is 4.65. The van der Waals surface area contributed by atoms with Crippen LogP contribution in [-0.4, -0.2) is 33.6 Å². The Labute approximate surface area is 117 Å². The number of hydrogen-bond donors (Lipinski definition) is 1. The Kier molecular flexibility index (Phi) is 3.56. The molecule has 2 aromatic heterocycles. The molecule has 20 heavy (non-hydrogen) atoms. The predicted molar refractivity (Wildman–Crippen MR) is 74.4 cm³/mol. The van der Waals surface area contributed by atoms with Crippen molar-refractivity contribution >= 4 is 0 Å². The molecule has 3 heterocycles. The van der Waals surface area contributed by atoms with Gasteiger partial charge in [0.2, 0.25) is 5.88 Å². The summed E-state index contributed by atoms with van der Waals surface area (Å²) in [5, 5.41) is 3.37. The molecule has 2 aromatic rings. The molecule has 0 amide bonds. The molecule has 0 aromatic carbocycles. The molecule has 104 valence electrons. The van der Waals surface area contributed by atoms with E-state index in [4.69, 9.17) is 4.74 Å². The second-order valence-electron chi connectivity index (χ2n) is 4.65. The van der Waals surface area contributed by atoms with Gasteiger partial charge in [-0.2, -0.15) is 0 Å². The van der Waals surface area contributed by atoms with Gasteiger partial charge in [-0.05, 0) is 6.42 Å². The van der Waals surface area contributed by atoms with Gasteiger partial charge < -0.3 is 10.1 Å². The van der Waals surface area contributed by atoms with Crippen molar-refractivity contribution in [2.24, 2.45) is 0 Å². The van der Waals surface area contributed by atoms with E-state index in [0.717, 1.165) is 37.3 Å². The van der Waals surface area contributed by atoms with Gasteiger partial charge in [-0.25, -0.2) is 19.9 Å². The molecule has 0 unspecified atom stereocenters. The van der Waals surface area contributed by atoms with Crippen LogP contribution in [0, 0.1) is 0 Å². The van der Waals surface area contributed by atoms with Crippen LogP contribution in [0.3, 0.4) is 0 Å². The fraction of sp³-hybridized carbons (Fsp3) is 0.429. The molecular weight excluding hydrogens is 254 g/mol. The molecule has 0 fully saturated rings. The van der Waals surface area contributed by atoms with Gasteiger partial charge in [0, 0.05) is 36.8 Å². The van der Waals surface area contributed by atoms with Crippen LogP contribution in [0.25, 0.3) is 11.5 Å². The van der Waals surface area contributed by atoms with E-state index in [1.54, 1.807) is 13.2 Å². The van der Waals surface area contributed by atoms with Gasteiger partial charge in [0.05, 0.1) is 12.8 Å². The molecule has 6 nitrogen and oxygen atoms in total. The fourth-order valence-corrected chi connectivity index (χ4v) is 2.39. The average Bonchev–Trinajstić information content (AvgIpc) is 2.53. The highest BCUT2D eigenvalue weighted by Gasteiger charge is 2.17. The lowest BCUT2D eigenvalue weighted by molar-refractivity contribution is 0.397. The molecule has 1 N–H and O–H groups in total. The van der Waals surface area contributed by atoms with Crippen molar-refractivity contribution in [1.29, 1.82) is 0 Å². The molecule has 3 rings (SSSR count). The van der Waals surface area contributed by atoms with Gasteiger partial charge in [0.1, 0.15) is 12.0 Å². The van der Waals surface area contributed by atoms with E-state index >= 15 is 0 Å². The number of nitrogens with zero attached hydrogens (tertiary/aromatic N) is 4. The lowest BCUT2D eigenvalue weighted by Gasteiger charge is -2.19. The van der Waals surface area contributed by atoms with Crippen molar-refractivity contribution in [2.45, 2.75) is 26.3 Å². The van der Waals surface area contributed by atoms with Gasteiger partial charge in [-0.15, -0.1) is 0 Å². The first-order chi connectivity index (χ1) is 9.81. The maximum atomic E-state index is 5.13. The van der Waals surface area contributed by atoms with Crippen LogP contribution >= 0.6 is 0 Å². The summed E-state index contributed by atoms with van der Waals surface area (Å²) in [5.74, 6) is 1.18. The first kappa shape index (κ1) is 12.9. The minimum Gasteiger partial charge on any atom is -0.481 e. The van der Waals surface area contributed by atoms with Crippen molar-refractivity contribution in [1.82, 2.24) is 25.3 Å². The maximum Gasteiger partial charge on any atom is 0.216 e. The van der Waals surface area contributed by atoms with Gasteiger partial charge in [-0.3, -0.25) is 0 Å². The Morgan fingerprint density at radius 2 is 2.20 bits per heavy atom. The minimum atomic E-state index is 0.524. The summed E-state index contributed by atoms with van der Waals surface area (Å²) in [6, 6.07) is 1.77. The average molecular weight is 271 g/mol. The van der Waals surface area contributed by atoms with Crippen LogP contribution in [0.4, 0.5) is 0 Å². The van der Waals surface area contributed by atoms with Crippen molar-refractivity contribution in [2.75, 3.05) is 13.7 Å². The Hall–Kier alpha value is -2.08. The first-order valence-electron chi connectivity index (χ1n) is 6.77. The SMILES string of the molecule is CCc1nc(-c2cc(OC)ncn2)nc2c1CNCC2. The number of aryl methyl sites for hydroxylation is 1. The molecule has 0 aliphatic carbocycles. The molecule has 1 aliphatic rings. The quantitative estimate of drug-likeness (QED) is 0.903. The zero-order valence-electron chi connectivity index (χ0n) is 11.7. The number of methoxy groups -OCH3 is 1. The summed E-state index contributed by atoms with van der Waals surface area (Å²) in [7, 11) is 1.59. The van der Waals surface area contributed by atoms with E-state index in [1.165, 1.54) is 11.9 Å². The summed E-state index contributed by atoms with van der Waals surface area (Å²) in [4.78, 5) is 17.6. The van der Waals surface area contributed by atoms with Crippen molar-refractivity contribution < 1.29 is 4.74 Å². The lowest BCUT2D eigenvalue weighted by Crippen LogP contribution is -2.26. The third-order valence-corrected chi connectivity index (χ3v) is 3.43. The molecule has 0 saturated heterocycles.